The molecule has 1 unspecified atom stereocenters. The van der Waals surface area contributed by atoms with Crippen molar-refractivity contribution >= 4 is 16.9 Å². The zero-order valence-corrected chi connectivity index (χ0v) is 11.8. The monoisotopic (exact) mass is 272 g/mol. The van der Waals surface area contributed by atoms with Gasteiger partial charge in [0.05, 0.1) is 11.6 Å². The third-order valence-electron chi connectivity index (χ3n) is 4.38. The molecule has 0 radical (unpaired) electrons. The summed E-state index contributed by atoms with van der Waals surface area (Å²) in [4.78, 5) is 11.3. The van der Waals surface area contributed by atoms with E-state index in [9.17, 15) is 0 Å². The summed E-state index contributed by atoms with van der Waals surface area (Å²) in [5.74, 6) is 1.04. The third kappa shape index (κ3) is 2.04. The lowest BCUT2D eigenvalue weighted by Crippen LogP contribution is -2.39. The second-order valence-corrected chi connectivity index (χ2v) is 5.87. The van der Waals surface area contributed by atoms with Crippen molar-refractivity contribution in [3.8, 4) is 0 Å². The first-order valence-corrected chi connectivity index (χ1v) is 7.45. The average molecular weight is 272 g/mol. The summed E-state index contributed by atoms with van der Waals surface area (Å²) < 4.78 is 1.81. The maximum Gasteiger partial charge on any atom is 0.163 e. The van der Waals surface area contributed by atoms with Crippen LogP contribution in [-0.2, 0) is 7.05 Å². The van der Waals surface area contributed by atoms with E-state index in [2.05, 4.69) is 25.3 Å². The second kappa shape index (κ2) is 4.70. The number of aromatic nitrogens is 4. The van der Waals surface area contributed by atoms with Gasteiger partial charge in [0.15, 0.2) is 5.65 Å². The van der Waals surface area contributed by atoms with Gasteiger partial charge < -0.3 is 10.2 Å². The van der Waals surface area contributed by atoms with Crippen LogP contribution < -0.4 is 10.2 Å². The van der Waals surface area contributed by atoms with Gasteiger partial charge in [-0.15, -0.1) is 0 Å². The standard InChI is InChI=1S/C14H20N6/c1-19-13-12(8-18-19)14(17-9-16-13)20-6-2-3-11(20)7-15-10-4-5-10/h8-11,15H,2-7H2,1H3. The van der Waals surface area contributed by atoms with Crippen LogP contribution >= 0.6 is 0 Å². The molecule has 1 saturated heterocycles. The summed E-state index contributed by atoms with van der Waals surface area (Å²) in [7, 11) is 1.93. The Balaban J connectivity index is 1.63. The fraction of sp³-hybridized carbons (Fsp3) is 0.643. The summed E-state index contributed by atoms with van der Waals surface area (Å²) >= 11 is 0. The van der Waals surface area contributed by atoms with E-state index in [0.29, 0.717) is 6.04 Å². The van der Waals surface area contributed by atoms with Crippen LogP contribution in [0.4, 0.5) is 5.82 Å². The Labute approximate surface area is 118 Å². The van der Waals surface area contributed by atoms with Gasteiger partial charge in [-0.3, -0.25) is 4.68 Å². The van der Waals surface area contributed by atoms with E-state index in [1.807, 2.05) is 17.9 Å². The van der Waals surface area contributed by atoms with Crippen LogP contribution in [0.2, 0.25) is 0 Å². The number of nitrogens with zero attached hydrogens (tertiary/aromatic N) is 5. The Kier molecular flexibility index (Phi) is 2.84. The highest BCUT2D eigenvalue weighted by molar-refractivity contribution is 5.86. The molecule has 6 heteroatoms. The normalized spacial score (nSPS) is 22.9. The van der Waals surface area contributed by atoms with Gasteiger partial charge in [-0.05, 0) is 25.7 Å². The number of hydrogen-bond donors (Lipinski definition) is 1. The molecule has 1 aliphatic heterocycles. The highest BCUT2D eigenvalue weighted by Crippen LogP contribution is 2.29. The van der Waals surface area contributed by atoms with Crippen LogP contribution in [0, 0.1) is 0 Å². The van der Waals surface area contributed by atoms with Crippen LogP contribution in [0.1, 0.15) is 25.7 Å². The molecule has 0 spiro atoms. The molecular weight excluding hydrogens is 252 g/mol. The zero-order valence-electron chi connectivity index (χ0n) is 11.8. The lowest BCUT2D eigenvalue weighted by atomic mass is 10.2. The van der Waals surface area contributed by atoms with Crippen LogP contribution in [0.25, 0.3) is 11.0 Å². The Morgan fingerprint density at radius 1 is 1.30 bits per heavy atom. The fourth-order valence-corrected chi connectivity index (χ4v) is 3.10. The summed E-state index contributed by atoms with van der Waals surface area (Å²) in [6.45, 7) is 2.15. The maximum atomic E-state index is 4.53. The number of anilines is 1. The molecule has 1 saturated carbocycles. The van der Waals surface area contributed by atoms with Gasteiger partial charge in [-0.1, -0.05) is 0 Å². The number of nitrogens with one attached hydrogen (secondary N) is 1. The largest absolute Gasteiger partial charge is 0.352 e. The van der Waals surface area contributed by atoms with Crippen molar-refractivity contribution in [1.29, 1.82) is 0 Å². The molecule has 4 rings (SSSR count). The van der Waals surface area contributed by atoms with Crippen LogP contribution in [0.3, 0.4) is 0 Å². The Morgan fingerprint density at radius 2 is 2.20 bits per heavy atom. The van der Waals surface area contributed by atoms with Crippen molar-refractivity contribution in [2.45, 2.75) is 37.8 Å². The van der Waals surface area contributed by atoms with E-state index in [0.717, 1.165) is 36.0 Å². The molecule has 6 nitrogen and oxygen atoms in total. The third-order valence-corrected chi connectivity index (χ3v) is 4.38. The molecule has 0 bridgehead atoms. The van der Waals surface area contributed by atoms with Crippen molar-refractivity contribution in [3.63, 3.8) is 0 Å². The minimum Gasteiger partial charge on any atom is -0.352 e. The molecule has 106 valence electrons. The lowest BCUT2D eigenvalue weighted by molar-refractivity contribution is 0.569. The van der Waals surface area contributed by atoms with Crippen molar-refractivity contribution in [2.24, 2.45) is 7.05 Å². The Hall–Kier alpha value is -1.69. The van der Waals surface area contributed by atoms with Crippen LogP contribution in [0.15, 0.2) is 12.5 Å². The first kappa shape index (κ1) is 12.1. The molecule has 20 heavy (non-hydrogen) atoms. The topological polar surface area (TPSA) is 58.9 Å². The van der Waals surface area contributed by atoms with E-state index >= 15 is 0 Å². The van der Waals surface area contributed by atoms with E-state index < -0.39 is 0 Å². The number of hydrogen-bond acceptors (Lipinski definition) is 5. The van der Waals surface area contributed by atoms with Gasteiger partial charge in [-0.25, -0.2) is 9.97 Å². The summed E-state index contributed by atoms with van der Waals surface area (Å²) in [6, 6.07) is 1.31. The average Bonchev–Trinajstić information content (AvgIpc) is 3.05. The predicted octanol–water partition coefficient (Wildman–Crippen LogP) is 1.08. The van der Waals surface area contributed by atoms with Gasteiger partial charge in [0.25, 0.3) is 0 Å². The summed E-state index contributed by atoms with van der Waals surface area (Å²) in [6.07, 6.45) is 8.70. The predicted molar refractivity (Wildman–Crippen MR) is 77.7 cm³/mol. The molecule has 1 atom stereocenters. The van der Waals surface area contributed by atoms with E-state index in [4.69, 9.17) is 0 Å². The van der Waals surface area contributed by atoms with Gasteiger partial charge >= 0.3 is 0 Å². The number of fused-ring (bicyclic) bond motifs is 1. The molecule has 0 amide bonds. The smallest absolute Gasteiger partial charge is 0.163 e. The molecule has 2 fully saturated rings. The van der Waals surface area contributed by atoms with Gasteiger partial charge in [0.1, 0.15) is 12.1 Å². The van der Waals surface area contributed by atoms with Crippen molar-refractivity contribution in [2.75, 3.05) is 18.0 Å². The fourth-order valence-electron chi connectivity index (χ4n) is 3.10. The first-order valence-electron chi connectivity index (χ1n) is 7.45. The second-order valence-electron chi connectivity index (χ2n) is 5.87. The van der Waals surface area contributed by atoms with Gasteiger partial charge in [0, 0.05) is 32.2 Å². The van der Waals surface area contributed by atoms with E-state index in [1.54, 1.807) is 6.33 Å². The van der Waals surface area contributed by atoms with Crippen molar-refractivity contribution in [3.05, 3.63) is 12.5 Å². The number of rotatable bonds is 4. The van der Waals surface area contributed by atoms with Gasteiger partial charge in [-0.2, -0.15) is 5.10 Å². The van der Waals surface area contributed by atoms with Crippen LogP contribution in [0.5, 0.6) is 0 Å². The van der Waals surface area contributed by atoms with Gasteiger partial charge in [0.2, 0.25) is 0 Å². The van der Waals surface area contributed by atoms with Crippen molar-refractivity contribution < 1.29 is 0 Å². The summed E-state index contributed by atoms with van der Waals surface area (Å²) in [5.41, 5.74) is 0.913. The SMILES string of the molecule is Cn1ncc2c(N3CCCC3CNC3CC3)ncnc21. The first-order chi connectivity index (χ1) is 9.83. The zero-order chi connectivity index (χ0) is 13.5. The maximum absolute atomic E-state index is 4.53. The molecular formula is C14H20N6. The molecule has 2 aromatic rings. The molecule has 1 aliphatic carbocycles. The molecule has 2 aromatic heterocycles. The molecule has 1 N–H and O–H groups in total. The van der Waals surface area contributed by atoms with Crippen molar-refractivity contribution in [1.82, 2.24) is 25.1 Å². The lowest BCUT2D eigenvalue weighted by Gasteiger charge is -2.26. The minimum absolute atomic E-state index is 0.550. The van der Waals surface area contributed by atoms with Crippen LogP contribution in [-0.4, -0.2) is 44.9 Å². The Bertz CT molecular complexity index is 617. The molecule has 0 aromatic carbocycles. The quantitative estimate of drug-likeness (QED) is 0.902. The van der Waals surface area contributed by atoms with E-state index in [-0.39, 0.29) is 0 Å². The summed E-state index contributed by atoms with van der Waals surface area (Å²) in [5, 5.41) is 9.02. The Morgan fingerprint density at radius 3 is 3.05 bits per heavy atom. The molecule has 3 heterocycles. The molecule has 2 aliphatic rings. The number of aryl methyl sites for hydroxylation is 1. The highest BCUT2D eigenvalue weighted by atomic mass is 15.3. The highest BCUT2D eigenvalue weighted by Gasteiger charge is 2.29. The van der Waals surface area contributed by atoms with E-state index in [1.165, 1.54) is 25.7 Å². The minimum atomic E-state index is 0.550.